The van der Waals surface area contributed by atoms with E-state index in [4.69, 9.17) is 5.73 Å². The zero-order valence-electron chi connectivity index (χ0n) is 10.5. The van der Waals surface area contributed by atoms with Gasteiger partial charge < -0.3 is 10.3 Å². The fourth-order valence-corrected chi connectivity index (χ4v) is 1.75. The summed E-state index contributed by atoms with van der Waals surface area (Å²) in [5.41, 5.74) is 7.92. The van der Waals surface area contributed by atoms with Crippen LogP contribution in [0.15, 0.2) is 30.9 Å². The Bertz CT molecular complexity index is 491. The van der Waals surface area contributed by atoms with Gasteiger partial charge in [0.25, 0.3) is 0 Å². The van der Waals surface area contributed by atoms with Crippen LogP contribution in [0.4, 0.5) is 5.82 Å². The number of pyridine rings is 1. The van der Waals surface area contributed by atoms with Crippen molar-refractivity contribution in [2.24, 2.45) is 5.41 Å². The Morgan fingerprint density at radius 3 is 2.59 bits per heavy atom. The minimum Gasteiger partial charge on any atom is -0.384 e. The van der Waals surface area contributed by atoms with Crippen molar-refractivity contribution in [3.05, 3.63) is 30.9 Å². The molecule has 4 nitrogen and oxygen atoms in total. The highest BCUT2D eigenvalue weighted by atomic mass is 15.1. The number of nitrogen functional groups attached to an aromatic ring is 1. The molecule has 17 heavy (non-hydrogen) atoms. The normalized spacial score (nSPS) is 11.7. The van der Waals surface area contributed by atoms with Crippen LogP contribution in [0.25, 0.3) is 11.3 Å². The summed E-state index contributed by atoms with van der Waals surface area (Å²) in [4.78, 5) is 8.32. The van der Waals surface area contributed by atoms with Crippen LogP contribution in [0.3, 0.4) is 0 Å². The second kappa shape index (κ2) is 4.20. The number of hydrogen-bond acceptors (Lipinski definition) is 3. The highest BCUT2D eigenvalue weighted by Gasteiger charge is 2.14. The van der Waals surface area contributed by atoms with E-state index in [1.807, 2.05) is 24.7 Å². The van der Waals surface area contributed by atoms with Crippen LogP contribution in [-0.4, -0.2) is 14.5 Å². The SMILES string of the molecule is CC(C)(C)Cn1cncc1-c1ccc(N)nc1. The molecule has 0 radical (unpaired) electrons. The van der Waals surface area contributed by atoms with Gasteiger partial charge in [0.2, 0.25) is 0 Å². The maximum Gasteiger partial charge on any atom is 0.123 e. The second-order valence-corrected chi connectivity index (χ2v) is 5.44. The van der Waals surface area contributed by atoms with Crippen molar-refractivity contribution >= 4 is 5.82 Å². The molecule has 2 aromatic heterocycles. The molecule has 0 fully saturated rings. The third-order valence-electron chi connectivity index (χ3n) is 2.44. The van der Waals surface area contributed by atoms with Crippen molar-refractivity contribution in [2.75, 3.05) is 5.73 Å². The Kier molecular flexibility index (Phi) is 2.88. The smallest absolute Gasteiger partial charge is 0.123 e. The van der Waals surface area contributed by atoms with Crippen LogP contribution < -0.4 is 5.73 Å². The average molecular weight is 230 g/mol. The van der Waals surface area contributed by atoms with Gasteiger partial charge in [-0.15, -0.1) is 0 Å². The molecule has 2 aromatic rings. The number of rotatable bonds is 2. The number of aromatic nitrogens is 3. The molecule has 0 aliphatic heterocycles. The summed E-state index contributed by atoms with van der Waals surface area (Å²) in [6.07, 6.45) is 5.50. The van der Waals surface area contributed by atoms with E-state index in [1.165, 1.54) is 0 Å². The zero-order valence-corrected chi connectivity index (χ0v) is 10.5. The van der Waals surface area contributed by atoms with E-state index in [1.54, 1.807) is 6.20 Å². The lowest BCUT2D eigenvalue weighted by atomic mass is 9.96. The molecule has 90 valence electrons. The number of imidazole rings is 1. The van der Waals surface area contributed by atoms with Crippen LogP contribution in [0.1, 0.15) is 20.8 Å². The molecule has 0 aliphatic carbocycles. The van der Waals surface area contributed by atoms with Crippen molar-refractivity contribution in [3.63, 3.8) is 0 Å². The van der Waals surface area contributed by atoms with E-state index < -0.39 is 0 Å². The quantitative estimate of drug-likeness (QED) is 0.862. The average Bonchev–Trinajstić information content (AvgIpc) is 2.64. The summed E-state index contributed by atoms with van der Waals surface area (Å²) in [6.45, 7) is 7.54. The van der Waals surface area contributed by atoms with Crippen LogP contribution in [0.5, 0.6) is 0 Å². The summed E-state index contributed by atoms with van der Waals surface area (Å²) in [7, 11) is 0. The van der Waals surface area contributed by atoms with Gasteiger partial charge >= 0.3 is 0 Å². The van der Waals surface area contributed by atoms with Crippen LogP contribution >= 0.6 is 0 Å². The first-order chi connectivity index (χ1) is 7.96. The second-order valence-electron chi connectivity index (χ2n) is 5.44. The number of nitrogens with zero attached hydrogens (tertiary/aromatic N) is 3. The molecule has 0 saturated carbocycles. The Morgan fingerprint density at radius 1 is 1.24 bits per heavy atom. The van der Waals surface area contributed by atoms with E-state index in [9.17, 15) is 0 Å². The predicted molar refractivity (Wildman–Crippen MR) is 69.3 cm³/mol. The van der Waals surface area contributed by atoms with Gasteiger partial charge in [-0.25, -0.2) is 9.97 Å². The largest absolute Gasteiger partial charge is 0.384 e. The van der Waals surface area contributed by atoms with E-state index in [0.717, 1.165) is 17.8 Å². The Balaban J connectivity index is 2.33. The first-order valence-electron chi connectivity index (χ1n) is 5.68. The van der Waals surface area contributed by atoms with Gasteiger partial charge in [0.1, 0.15) is 5.82 Å². The number of anilines is 1. The lowest BCUT2D eigenvalue weighted by Gasteiger charge is -2.20. The van der Waals surface area contributed by atoms with E-state index in [0.29, 0.717) is 5.82 Å². The molecule has 0 amide bonds. The molecule has 0 bridgehead atoms. The van der Waals surface area contributed by atoms with Crippen molar-refractivity contribution in [2.45, 2.75) is 27.3 Å². The summed E-state index contributed by atoms with van der Waals surface area (Å²) in [5.74, 6) is 0.538. The third kappa shape index (κ3) is 2.84. The maximum absolute atomic E-state index is 5.59. The van der Waals surface area contributed by atoms with Gasteiger partial charge in [-0.1, -0.05) is 20.8 Å². The highest BCUT2D eigenvalue weighted by molar-refractivity contribution is 5.59. The fraction of sp³-hybridized carbons (Fsp3) is 0.385. The summed E-state index contributed by atoms with van der Waals surface area (Å²) in [5, 5.41) is 0. The molecule has 4 heteroatoms. The van der Waals surface area contributed by atoms with Crippen molar-refractivity contribution in [1.29, 1.82) is 0 Å². The summed E-state index contributed by atoms with van der Waals surface area (Å²) >= 11 is 0. The van der Waals surface area contributed by atoms with Gasteiger partial charge in [-0.3, -0.25) is 0 Å². The standard InChI is InChI=1S/C13H18N4/c1-13(2,3)8-17-9-15-7-11(17)10-4-5-12(14)16-6-10/h4-7,9H,8H2,1-3H3,(H2,14,16). The molecule has 0 unspecified atom stereocenters. The van der Waals surface area contributed by atoms with Gasteiger partial charge in [0.15, 0.2) is 0 Å². The van der Waals surface area contributed by atoms with Gasteiger partial charge in [0.05, 0.1) is 18.2 Å². The lowest BCUT2D eigenvalue weighted by Crippen LogP contribution is -2.15. The van der Waals surface area contributed by atoms with Gasteiger partial charge in [-0.2, -0.15) is 0 Å². The summed E-state index contributed by atoms with van der Waals surface area (Å²) < 4.78 is 2.15. The Labute approximate surface area is 102 Å². The number of nitrogens with two attached hydrogens (primary N) is 1. The first kappa shape index (κ1) is 11.6. The molecule has 2 heterocycles. The summed E-state index contributed by atoms with van der Waals surface area (Å²) in [6, 6.07) is 3.78. The van der Waals surface area contributed by atoms with E-state index in [-0.39, 0.29) is 5.41 Å². The molecule has 0 aromatic carbocycles. The molecule has 2 N–H and O–H groups in total. The van der Waals surface area contributed by atoms with Crippen LogP contribution in [-0.2, 0) is 6.54 Å². The molecule has 0 atom stereocenters. The Hall–Kier alpha value is -1.84. The van der Waals surface area contributed by atoms with Crippen molar-refractivity contribution in [1.82, 2.24) is 14.5 Å². The monoisotopic (exact) mass is 230 g/mol. The molecule has 0 aliphatic rings. The molecule has 2 rings (SSSR count). The van der Waals surface area contributed by atoms with Crippen molar-refractivity contribution < 1.29 is 0 Å². The van der Waals surface area contributed by atoms with Gasteiger partial charge in [-0.05, 0) is 17.5 Å². The Morgan fingerprint density at radius 2 is 2.00 bits per heavy atom. The topological polar surface area (TPSA) is 56.7 Å². The third-order valence-corrected chi connectivity index (χ3v) is 2.44. The highest BCUT2D eigenvalue weighted by Crippen LogP contribution is 2.23. The van der Waals surface area contributed by atoms with E-state index in [2.05, 4.69) is 35.3 Å². The molecular formula is C13H18N4. The minimum absolute atomic E-state index is 0.219. The number of hydrogen-bond donors (Lipinski definition) is 1. The van der Waals surface area contributed by atoms with E-state index >= 15 is 0 Å². The van der Waals surface area contributed by atoms with Crippen LogP contribution in [0.2, 0.25) is 0 Å². The zero-order chi connectivity index (χ0) is 12.5. The predicted octanol–water partition coefficient (Wildman–Crippen LogP) is 2.57. The molecule has 0 spiro atoms. The minimum atomic E-state index is 0.219. The maximum atomic E-state index is 5.59. The molecule has 0 saturated heterocycles. The first-order valence-corrected chi connectivity index (χ1v) is 5.68. The molecular weight excluding hydrogens is 212 g/mol. The van der Waals surface area contributed by atoms with Crippen LogP contribution in [0, 0.1) is 5.41 Å². The fourth-order valence-electron chi connectivity index (χ4n) is 1.75. The van der Waals surface area contributed by atoms with Gasteiger partial charge in [0, 0.05) is 18.3 Å². The lowest BCUT2D eigenvalue weighted by molar-refractivity contribution is 0.345. The van der Waals surface area contributed by atoms with Crippen molar-refractivity contribution in [3.8, 4) is 11.3 Å².